The van der Waals surface area contributed by atoms with Crippen LogP contribution in [0.25, 0.3) is 0 Å². The standard InChI is InChI=1S/C12H22N2O4S/c1-5-6-10-12(16)14(9(3)11(15)13-10)8(2)7-19(4,17)18/h8-10H,5-7H2,1-4H3,(H,13,15). The van der Waals surface area contributed by atoms with Gasteiger partial charge in [0, 0.05) is 12.3 Å². The van der Waals surface area contributed by atoms with E-state index < -0.39 is 28.0 Å². The zero-order valence-corrected chi connectivity index (χ0v) is 12.7. The van der Waals surface area contributed by atoms with Crippen molar-refractivity contribution in [3.63, 3.8) is 0 Å². The van der Waals surface area contributed by atoms with Crippen molar-refractivity contribution in [2.24, 2.45) is 0 Å². The van der Waals surface area contributed by atoms with E-state index in [9.17, 15) is 18.0 Å². The van der Waals surface area contributed by atoms with E-state index in [2.05, 4.69) is 5.32 Å². The van der Waals surface area contributed by atoms with Crippen LogP contribution in [0.4, 0.5) is 0 Å². The predicted octanol–water partition coefficient (Wildman–Crippen LogP) is -0.0649. The molecule has 0 aromatic rings. The number of piperazine rings is 1. The second-order valence-electron chi connectivity index (χ2n) is 5.21. The van der Waals surface area contributed by atoms with E-state index in [1.807, 2.05) is 6.92 Å². The second kappa shape index (κ2) is 5.90. The number of nitrogens with zero attached hydrogens (tertiary/aromatic N) is 1. The van der Waals surface area contributed by atoms with Crippen LogP contribution in [0.15, 0.2) is 0 Å². The molecule has 0 spiro atoms. The maximum Gasteiger partial charge on any atom is 0.246 e. The minimum absolute atomic E-state index is 0.130. The fourth-order valence-corrected chi connectivity index (χ4v) is 3.49. The summed E-state index contributed by atoms with van der Waals surface area (Å²) in [6.45, 7) is 5.22. The summed E-state index contributed by atoms with van der Waals surface area (Å²) >= 11 is 0. The molecule has 3 atom stereocenters. The maximum absolute atomic E-state index is 12.3. The Morgan fingerprint density at radius 3 is 2.42 bits per heavy atom. The first-order chi connectivity index (χ1) is 8.67. The van der Waals surface area contributed by atoms with Gasteiger partial charge in [-0.05, 0) is 20.3 Å². The predicted molar refractivity (Wildman–Crippen MR) is 72.3 cm³/mol. The number of sulfone groups is 1. The van der Waals surface area contributed by atoms with Crippen molar-refractivity contribution in [3.05, 3.63) is 0 Å². The summed E-state index contributed by atoms with van der Waals surface area (Å²) < 4.78 is 22.7. The first kappa shape index (κ1) is 15.9. The quantitative estimate of drug-likeness (QED) is 0.768. The van der Waals surface area contributed by atoms with Gasteiger partial charge in [0.05, 0.1) is 5.75 Å². The minimum Gasteiger partial charge on any atom is -0.343 e. The number of hydrogen-bond acceptors (Lipinski definition) is 4. The molecule has 0 aliphatic carbocycles. The van der Waals surface area contributed by atoms with Gasteiger partial charge in [-0.1, -0.05) is 13.3 Å². The van der Waals surface area contributed by atoms with Gasteiger partial charge in [-0.25, -0.2) is 8.42 Å². The Bertz CT molecular complexity index is 460. The molecule has 1 aliphatic heterocycles. The Morgan fingerprint density at radius 1 is 1.37 bits per heavy atom. The van der Waals surface area contributed by atoms with Gasteiger partial charge in [0.2, 0.25) is 11.8 Å². The average Bonchev–Trinajstić information content (AvgIpc) is 2.24. The summed E-state index contributed by atoms with van der Waals surface area (Å²) in [6.07, 6.45) is 2.48. The summed E-state index contributed by atoms with van der Waals surface area (Å²) in [5, 5.41) is 2.68. The van der Waals surface area contributed by atoms with E-state index in [-0.39, 0.29) is 17.6 Å². The van der Waals surface area contributed by atoms with Crippen LogP contribution in [0.2, 0.25) is 0 Å². The van der Waals surface area contributed by atoms with Crippen LogP contribution in [-0.4, -0.2) is 55.3 Å². The van der Waals surface area contributed by atoms with Crippen molar-refractivity contribution in [2.45, 2.75) is 51.7 Å². The summed E-state index contributed by atoms with van der Waals surface area (Å²) in [5.41, 5.74) is 0. The van der Waals surface area contributed by atoms with Gasteiger partial charge >= 0.3 is 0 Å². The van der Waals surface area contributed by atoms with Crippen LogP contribution in [0.1, 0.15) is 33.6 Å². The molecular formula is C12H22N2O4S. The third kappa shape index (κ3) is 3.92. The molecule has 3 unspecified atom stereocenters. The molecule has 0 aromatic carbocycles. The minimum atomic E-state index is -3.19. The molecule has 1 saturated heterocycles. The zero-order chi connectivity index (χ0) is 14.8. The zero-order valence-electron chi connectivity index (χ0n) is 11.8. The van der Waals surface area contributed by atoms with Crippen LogP contribution in [-0.2, 0) is 19.4 Å². The SMILES string of the molecule is CCCC1NC(=O)C(C)N(C(C)CS(C)(=O)=O)C1=O. The molecule has 0 radical (unpaired) electrons. The summed E-state index contributed by atoms with van der Waals surface area (Å²) in [5.74, 6) is -0.543. The van der Waals surface area contributed by atoms with Crippen LogP contribution >= 0.6 is 0 Å². The lowest BCUT2D eigenvalue weighted by Crippen LogP contribution is -2.65. The molecule has 1 N–H and O–H groups in total. The lowest BCUT2D eigenvalue weighted by molar-refractivity contribution is -0.150. The number of amides is 2. The van der Waals surface area contributed by atoms with Crippen LogP contribution < -0.4 is 5.32 Å². The molecule has 7 heteroatoms. The summed E-state index contributed by atoms with van der Waals surface area (Å²) in [7, 11) is -3.19. The smallest absolute Gasteiger partial charge is 0.246 e. The number of nitrogens with one attached hydrogen (secondary N) is 1. The highest BCUT2D eigenvalue weighted by atomic mass is 32.2. The van der Waals surface area contributed by atoms with Gasteiger partial charge in [0.15, 0.2) is 0 Å². The van der Waals surface area contributed by atoms with Gasteiger partial charge in [-0.15, -0.1) is 0 Å². The van der Waals surface area contributed by atoms with Gasteiger partial charge in [-0.3, -0.25) is 9.59 Å². The number of rotatable bonds is 5. The monoisotopic (exact) mass is 290 g/mol. The molecule has 2 amide bonds. The van der Waals surface area contributed by atoms with Crippen LogP contribution in [0.5, 0.6) is 0 Å². The molecule has 19 heavy (non-hydrogen) atoms. The molecular weight excluding hydrogens is 268 g/mol. The molecule has 1 rings (SSSR count). The van der Waals surface area contributed by atoms with Crippen molar-refractivity contribution in [2.75, 3.05) is 12.0 Å². The van der Waals surface area contributed by atoms with Crippen molar-refractivity contribution in [3.8, 4) is 0 Å². The van der Waals surface area contributed by atoms with E-state index in [1.165, 1.54) is 4.90 Å². The topological polar surface area (TPSA) is 83.6 Å². The normalized spacial score (nSPS) is 26.2. The Hall–Kier alpha value is -1.11. The molecule has 1 fully saturated rings. The second-order valence-corrected chi connectivity index (χ2v) is 7.40. The van der Waals surface area contributed by atoms with Crippen LogP contribution in [0.3, 0.4) is 0 Å². The largest absolute Gasteiger partial charge is 0.343 e. The average molecular weight is 290 g/mol. The molecule has 0 saturated carbocycles. The van der Waals surface area contributed by atoms with E-state index >= 15 is 0 Å². The van der Waals surface area contributed by atoms with E-state index in [0.29, 0.717) is 6.42 Å². The Labute approximate surface area is 114 Å². The fourth-order valence-electron chi connectivity index (χ4n) is 2.45. The van der Waals surface area contributed by atoms with Crippen molar-refractivity contribution >= 4 is 21.7 Å². The first-order valence-electron chi connectivity index (χ1n) is 6.47. The summed E-state index contributed by atoms with van der Waals surface area (Å²) in [4.78, 5) is 25.6. The molecule has 0 aromatic heterocycles. The van der Waals surface area contributed by atoms with Crippen molar-refractivity contribution < 1.29 is 18.0 Å². The van der Waals surface area contributed by atoms with Crippen molar-refractivity contribution in [1.29, 1.82) is 0 Å². The Kier molecular flexibility index (Phi) is 4.95. The van der Waals surface area contributed by atoms with Gasteiger partial charge < -0.3 is 10.2 Å². The molecule has 1 aliphatic rings. The van der Waals surface area contributed by atoms with E-state index in [4.69, 9.17) is 0 Å². The van der Waals surface area contributed by atoms with Gasteiger partial charge in [0.25, 0.3) is 0 Å². The molecule has 0 bridgehead atoms. The number of carbonyl (C=O) groups excluding carboxylic acids is 2. The van der Waals surface area contributed by atoms with Crippen molar-refractivity contribution in [1.82, 2.24) is 10.2 Å². The molecule has 6 nitrogen and oxygen atoms in total. The molecule has 110 valence electrons. The Balaban J connectivity index is 2.94. The lowest BCUT2D eigenvalue weighted by atomic mass is 10.0. The van der Waals surface area contributed by atoms with Gasteiger partial charge in [-0.2, -0.15) is 0 Å². The highest BCUT2D eigenvalue weighted by molar-refractivity contribution is 7.90. The summed E-state index contributed by atoms with van der Waals surface area (Å²) in [6, 6.07) is -1.66. The third-order valence-corrected chi connectivity index (χ3v) is 4.35. The maximum atomic E-state index is 12.3. The highest BCUT2D eigenvalue weighted by Gasteiger charge is 2.40. The van der Waals surface area contributed by atoms with Crippen LogP contribution in [0, 0.1) is 0 Å². The lowest BCUT2D eigenvalue weighted by Gasteiger charge is -2.40. The van der Waals surface area contributed by atoms with E-state index in [0.717, 1.165) is 12.7 Å². The first-order valence-corrected chi connectivity index (χ1v) is 8.53. The van der Waals surface area contributed by atoms with Gasteiger partial charge in [0.1, 0.15) is 21.9 Å². The van der Waals surface area contributed by atoms with E-state index in [1.54, 1.807) is 13.8 Å². The molecule has 1 heterocycles. The highest BCUT2D eigenvalue weighted by Crippen LogP contribution is 2.17. The number of carbonyl (C=O) groups is 2. The fraction of sp³-hybridized carbons (Fsp3) is 0.833. The third-order valence-electron chi connectivity index (χ3n) is 3.26. The Morgan fingerprint density at radius 2 is 1.95 bits per heavy atom. The number of hydrogen-bond donors (Lipinski definition) is 1.